The van der Waals surface area contributed by atoms with Crippen LogP contribution in [0.15, 0.2) is 30.3 Å². The van der Waals surface area contributed by atoms with Gasteiger partial charge in [0.1, 0.15) is 11.3 Å². The molecule has 2 N–H and O–H groups in total. The zero-order valence-electron chi connectivity index (χ0n) is 8.90. The summed E-state index contributed by atoms with van der Waals surface area (Å²) in [6.45, 7) is 3.52. The largest absolute Gasteiger partial charge is 0.425 e. The van der Waals surface area contributed by atoms with Crippen molar-refractivity contribution in [3.63, 3.8) is 0 Å². The van der Waals surface area contributed by atoms with E-state index in [9.17, 15) is 4.79 Å². The first-order valence-electron chi connectivity index (χ1n) is 4.62. The molecule has 1 rings (SSSR count). The molecule has 1 aromatic rings. The van der Waals surface area contributed by atoms with Crippen LogP contribution in [-0.4, -0.2) is 11.5 Å². The first kappa shape index (κ1) is 13.9. The normalized spacial score (nSPS) is 13.5. The van der Waals surface area contributed by atoms with Crippen molar-refractivity contribution in [1.82, 2.24) is 0 Å². The van der Waals surface area contributed by atoms with E-state index < -0.39 is 11.5 Å². The Morgan fingerprint density at radius 1 is 1.40 bits per heavy atom. The van der Waals surface area contributed by atoms with Crippen molar-refractivity contribution < 1.29 is 9.53 Å². The summed E-state index contributed by atoms with van der Waals surface area (Å²) in [4.78, 5) is 11.5. The number of carbonyl (C=O) groups excluding carboxylic acids is 1. The van der Waals surface area contributed by atoms with Gasteiger partial charge in [0.2, 0.25) is 0 Å². The molecule has 0 saturated heterocycles. The highest BCUT2D eigenvalue weighted by molar-refractivity contribution is 5.85. The highest BCUT2D eigenvalue weighted by Crippen LogP contribution is 2.13. The number of hydrogen-bond donors (Lipinski definition) is 1. The minimum atomic E-state index is -0.907. The average molecular weight is 230 g/mol. The van der Waals surface area contributed by atoms with Gasteiger partial charge in [-0.15, -0.1) is 12.4 Å². The van der Waals surface area contributed by atoms with Gasteiger partial charge in [0, 0.05) is 0 Å². The van der Waals surface area contributed by atoms with Gasteiger partial charge in [0.25, 0.3) is 0 Å². The van der Waals surface area contributed by atoms with Crippen LogP contribution in [0.1, 0.15) is 20.3 Å². The maximum atomic E-state index is 11.5. The van der Waals surface area contributed by atoms with Gasteiger partial charge in [-0.1, -0.05) is 25.1 Å². The quantitative estimate of drug-likeness (QED) is 0.638. The van der Waals surface area contributed by atoms with Gasteiger partial charge in [-0.25, -0.2) is 4.79 Å². The SMILES string of the molecule is CCC(C)(N)C(=O)Oc1ccccc1.Cl. The predicted molar refractivity (Wildman–Crippen MR) is 62.2 cm³/mol. The summed E-state index contributed by atoms with van der Waals surface area (Å²) < 4.78 is 5.11. The van der Waals surface area contributed by atoms with Gasteiger partial charge in [0.05, 0.1) is 0 Å². The van der Waals surface area contributed by atoms with Crippen LogP contribution >= 0.6 is 12.4 Å². The van der Waals surface area contributed by atoms with E-state index in [2.05, 4.69) is 0 Å². The molecule has 0 heterocycles. The van der Waals surface area contributed by atoms with Crippen LogP contribution in [0.5, 0.6) is 5.75 Å². The van der Waals surface area contributed by atoms with Gasteiger partial charge < -0.3 is 10.5 Å². The molecule has 1 aromatic carbocycles. The molecule has 0 aliphatic rings. The van der Waals surface area contributed by atoms with Crippen LogP contribution in [0.3, 0.4) is 0 Å². The van der Waals surface area contributed by atoms with Gasteiger partial charge in [-0.2, -0.15) is 0 Å². The molecular weight excluding hydrogens is 214 g/mol. The van der Waals surface area contributed by atoms with Crippen molar-refractivity contribution in [2.24, 2.45) is 5.73 Å². The number of rotatable bonds is 3. The van der Waals surface area contributed by atoms with Gasteiger partial charge in [-0.3, -0.25) is 0 Å². The third kappa shape index (κ3) is 3.90. The molecule has 0 fully saturated rings. The Kier molecular flexibility index (Phi) is 5.33. The number of hydrogen-bond acceptors (Lipinski definition) is 3. The lowest BCUT2D eigenvalue weighted by Crippen LogP contribution is -2.46. The molecule has 0 saturated carbocycles. The topological polar surface area (TPSA) is 52.3 Å². The fourth-order valence-electron chi connectivity index (χ4n) is 0.856. The summed E-state index contributed by atoms with van der Waals surface area (Å²) in [5.41, 5.74) is 4.83. The monoisotopic (exact) mass is 229 g/mol. The molecule has 15 heavy (non-hydrogen) atoms. The molecule has 3 nitrogen and oxygen atoms in total. The third-order valence-electron chi connectivity index (χ3n) is 2.15. The smallest absolute Gasteiger partial charge is 0.331 e. The van der Waals surface area contributed by atoms with Gasteiger partial charge >= 0.3 is 5.97 Å². The average Bonchev–Trinajstić information content (AvgIpc) is 2.19. The molecular formula is C11H16ClNO2. The van der Waals surface area contributed by atoms with E-state index in [1.807, 2.05) is 25.1 Å². The molecule has 84 valence electrons. The third-order valence-corrected chi connectivity index (χ3v) is 2.15. The zero-order valence-corrected chi connectivity index (χ0v) is 9.71. The van der Waals surface area contributed by atoms with Crippen LogP contribution in [0.4, 0.5) is 0 Å². The fraction of sp³-hybridized carbons (Fsp3) is 0.364. The summed E-state index contributed by atoms with van der Waals surface area (Å²) in [5.74, 6) is 0.133. The van der Waals surface area contributed by atoms with Crippen LogP contribution in [0, 0.1) is 0 Å². The Labute approximate surface area is 96.0 Å². The Bertz CT molecular complexity index is 312. The molecule has 0 spiro atoms. The Balaban J connectivity index is 0.00000196. The number of esters is 1. The molecule has 4 heteroatoms. The molecule has 0 amide bonds. The summed E-state index contributed by atoms with van der Waals surface area (Å²) >= 11 is 0. The second-order valence-corrected chi connectivity index (χ2v) is 3.47. The second kappa shape index (κ2) is 5.73. The summed E-state index contributed by atoms with van der Waals surface area (Å²) in [6, 6.07) is 8.93. The molecule has 0 aliphatic heterocycles. The highest BCUT2D eigenvalue weighted by Gasteiger charge is 2.28. The van der Waals surface area contributed by atoms with Crippen LogP contribution in [0.25, 0.3) is 0 Å². The van der Waals surface area contributed by atoms with E-state index in [-0.39, 0.29) is 12.4 Å². The van der Waals surface area contributed by atoms with Crippen molar-refractivity contribution in [2.45, 2.75) is 25.8 Å². The summed E-state index contributed by atoms with van der Waals surface area (Å²) in [5, 5.41) is 0. The van der Waals surface area contributed by atoms with E-state index in [0.29, 0.717) is 12.2 Å². The van der Waals surface area contributed by atoms with Crippen molar-refractivity contribution in [1.29, 1.82) is 0 Å². The number of carbonyl (C=O) groups is 1. The zero-order chi connectivity index (χ0) is 10.6. The number of nitrogens with two attached hydrogens (primary N) is 1. The van der Waals surface area contributed by atoms with E-state index >= 15 is 0 Å². The van der Waals surface area contributed by atoms with Crippen molar-refractivity contribution in [3.05, 3.63) is 30.3 Å². The minimum absolute atomic E-state index is 0. The van der Waals surface area contributed by atoms with Crippen LogP contribution in [-0.2, 0) is 4.79 Å². The molecule has 0 radical (unpaired) electrons. The van der Waals surface area contributed by atoms with Crippen molar-refractivity contribution in [2.75, 3.05) is 0 Å². The number of para-hydroxylation sites is 1. The summed E-state index contributed by atoms with van der Waals surface area (Å²) in [7, 11) is 0. The second-order valence-electron chi connectivity index (χ2n) is 3.47. The number of benzene rings is 1. The maximum absolute atomic E-state index is 11.5. The Morgan fingerprint density at radius 3 is 2.40 bits per heavy atom. The van der Waals surface area contributed by atoms with E-state index in [1.54, 1.807) is 19.1 Å². The minimum Gasteiger partial charge on any atom is -0.425 e. The fourth-order valence-corrected chi connectivity index (χ4v) is 0.856. The highest BCUT2D eigenvalue weighted by atomic mass is 35.5. The summed E-state index contributed by atoms with van der Waals surface area (Å²) in [6.07, 6.45) is 0.554. The van der Waals surface area contributed by atoms with Crippen molar-refractivity contribution >= 4 is 18.4 Å². The van der Waals surface area contributed by atoms with E-state index in [1.165, 1.54) is 0 Å². The van der Waals surface area contributed by atoms with E-state index in [4.69, 9.17) is 10.5 Å². The van der Waals surface area contributed by atoms with E-state index in [0.717, 1.165) is 0 Å². The van der Waals surface area contributed by atoms with Crippen LogP contribution in [0.2, 0.25) is 0 Å². The van der Waals surface area contributed by atoms with Crippen LogP contribution < -0.4 is 10.5 Å². The van der Waals surface area contributed by atoms with Gasteiger partial charge in [-0.05, 0) is 25.5 Å². The molecule has 1 unspecified atom stereocenters. The Morgan fingerprint density at radius 2 is 1.93 bits per heavy atom. The van der Waals surface area contributed by atoms with Gasteiger partial charge in [0.15, 0.2) is 0 Å². The first-order valence-corrected chi connectivity index (χ1v) is 4.62. The maximum Gasteiger partial charge on any atom is 0.331 e. The molecule has 0 aliphatic carbocycles. The lowest BCUT2D eigenvalue weighted by molar-refractivity contribution is -0.139. The lowest BCUT2D eigenvalue weighted by Gasteiger charge is -2.19. The first-order chi connectivity index (χ1) is 6.56. The number of ether oxygens (including phenoxy) is 1. The molecule has 0 aromatic heterocycles. The standard InChI is InChI=1S/C11H15NO2.ClH/c1-3-11(2,12)10(13)14-9-7-5-4-6-8-9;/h4-8H,3,12H2,1-2H3;1H. The molecule has 1 atom stereocenters. The molecule has 0 bridgehead atoms. The Hall–Kier alpha value is -1.06. The lowest BCUT2D eigenvalue weighted by atomic mass is 10.0. The number of halogens is 1. The predicted octanol–water partition coefficient (Wildman–Crippen LogP) is 2.14. The van der Waals surface area contributed by atoms with Crippen molar-refractivity contribution in [3.8, 4) is 5.75 Å².